The lowest BCUT2D eigenvalue weighted by Crippen LogP contribution is -2.11. The van der Waals surface area contributed by atoms with Crippen LogP contribution >= 0.6 is 11.3 Å². The summed E-state index contributed by atoms with van der Waals surface area (Å²) in [7, 11) is 0. The molecule has 0 atom stereocenters. The van der Waals surface area contributed by atoms with Gasteiger partial charge in [-0.1, -0.05) is 121 Å². The number of nitrogens with zero attached hydrogens (tertiary/aromatic N) is 2. The Balaban J connectivity index is 1.19. The molecule has 0 spiro atoms. The standard InChI is InChI=1S/C50H30N2S/c1-2-14-33(15-3-1)52-43-21-8-6-17-37(43)38-26-24-34(29-45(38)52)51(35-25-27-40-39-18-7-9-23-46(39)53-47(40)30-35)44-22-11-20-42-41-19-10-13-32-28-31-12-4-5-16-36(31)50(48(32)41)49(42)44/h1-30H. The van der Waals surface area contributed by atoms with Crippen molar-refractivity contribution in [3.63, 3.8) is 0 Å². The quantitative estimate of drug-likeness (QED) is 0.167. The number of rotatable bonds is 4. The number of thiophene rings is 1. The molecule has 0 aliphatic heterocycles. The molecular weight excluding hydrogens is 661 g/mol. The smallest absolute Gasteiger partial charge is 0.0561 e. The largest absolute Gasteiger partial charge is 0.310 e. The Morgan fingerprint density at radius 2 is 1.06 bits per heavy atom. The molecule has 0 radical (unpaired) electrons. The van der Waals surface area contributed by atoms with Crippen molar-refractivity contribution in [1.29, 1.82) is 0 Å². The Morgan fingerprint density at radius 1 is 0.396 bits per heavy atom. The van der Waals surface area contributed by atoms with Gasteiger partial charge >= 0.3 is 0 Å². The van der Waals surface area contributed by atoms with E-state index >= 15 is 0 Å². The van der Waals surface area contributed by atoms with Crippen molar-refractivity contribution in [2.24, 2.45) is 0 Å². The van der Waals surface area contributed by atoms with E-state index in [1.54, 1.807) is 0 Å². The second-order valence-corrected chi connectivity index (χ2v) is 15.2. The van der Waals surface area contributed by atoms with E-state index in [4.69, 9.17) is 0 Å². The van der Waals surface area contributed by atoms with Gasteiger partial charge in [0.25, 0.3) is 0 Å². The fourth-order valence-electron chi connectivity index (χ4n) is 9.05. The number of anilines is 3. The molecule has 3 heteroatoms. The van der Waals surface area contributed by atoms with Crippen LogP contribution in [0.1, 0.15) is 0 Å². The molecule has 0 N–H and O–H groups in total. The second kappa shape index (κ2) is 10.9. The average Bonchev–Trinajstić information content (AvgIpc) is 3.87. The van der Waals surface area contributed by atoms with Gasteiger partial charge in [-0.05, 0) is 93.3 Å². The van der Waals surface area contributed by atoms with Crippen LogP contribution in [0.15, 0.2) is 182 Å². The minimum absolute atomic E-state index is 1.12. The summed E-state index contributed by atoms with van der Waals surface area (Å²) in [6.45, 7) is 0. The SMILES string of the molecule is c1ccc(-n2c3ccccc3c3ccc(N(c4ccc5c(c4)sc4ccccc45)c4cccc5c4-c4c6ccccc6cc6cccc-5c46)cc32)cc1. The van der Waals surface area contributed by atoms with E-state index in [1.165, 1.54) is 91.5 Å². The van der Waals surface area contributed by atoms with Gasteiger partial charge in [-0.25, -0.2) is 0 Å². The molecule has 0 saturated heterocycles. The van der Waals surface area contributed by atoms with Crippen molar-refractivity contribution < 1.29 is 0 Å². The Hall–Kier alpha value is -6.68. The average molecular weight is 691 g/mol. The van der Waals surface area contributed by atoms with E-state index in [-0.39, 0.29) is 0 Å². The summed E-state index contributed by atoms with van der Waals surface area (Å²) in [6, 6.07) is 67.3. The lowest BCUT2D eigenvalue weighted by atomic mass is 9.94. The highest BCUT2D eigenvalue weighted by atomic mass is 32.1. The maximum atomic E-state index is 2.51. The minimum Gasteiger partial charge on any atom is -0.310 e. The molecule has 2 heterocycles. The molecule has 2 aromatic heterocycles. The maximum absolute atomic E-state index is 2.51. The van der Waals surface area contributed by atoms with Gasteiger partial charge < -0.3 is 9.47 Å². The summed E-state index contributed by atoms with van der Waals surface area (Å²) in [5.41, 5.74) is 12.2. The fraction of sp³-hybridized carbons (Fsp3) is 0. The highest BCUT2D eigenvalue weighted by molar-refractivity contribution is 7.25. The van der Waals surface area contributed by atoms with Crippen molar-refractivity contribution in [2.45, 2.75) is 0 Å². The summed E-state index contributed by atoms with van der Waals surface area (Å²) >= 11 is 1.87. The topological polar surface area (TPSA) is 8.17 Å². The van der Waals surface area contributed by atoms with Gasteiger partial charge in [0.15, 0.2) is 0 Å². The molecule has 246 valence electrons. The highest BCUT2D eigenvalue weighted by Crippen LogP contribution is 2.56. The van der Waals surface area contributed by atoms with Crippen LogP contribution in [0, 0.1) is 0 Å². The summed E-state index contributed by atoms with van der Waals surface area (Å²) in [5, 5.41) is 10.3. The first kappa shape index (κ1) is 29.0. The molecule has 11 aromatic rings. The highest BCUT2D eigenvalue weighted by Gasteiger charge is 2.29. The zero-order valence-electron chi connectivity index (χ0n) is 28.6. The van der Waals surface area contributed by atoms with E-state index < -0.39 is 0 Å². The molecule has 1 aliphatic carbocycles. The first-order chi connectivity index (χ1) is 26.3. The zero-order chi connectivity index (χ0) is 34.6. The number of hydrogen-bond acceptors (Lipinski definition) is 2. The van der Waals surface area contributed by atoms with E-state index in [9.17, 15) is 0 Å². The van der Waals surface area contributed by atoms with Gasteiger partial charge in [0, 0.05) is 59.1 Å². The van der Waals surface area contributed by atoms with E-state index in [0.29, 0.717) is 0 Å². The van der Waals surface area contributed by atoms with Crippen LogP contribution in [0.4, 0.5) is 17.1 Å². The Bertz CT molecular complexity index is 3290. The number of fused-ring (bicyclic) bond motifs is 11. The van der Waals surface area contributed by atoms with Gasteiger partial charge in [0.1, 0.15) is 0 Å². The van der Waals surface area contributed by atoms with Gasteiger partial charge in [-0.3, -0.25) is 0 Å². The molecular formula is C50H30N2S. The first-order valence-corrected chi connectivity index (χ1v) is 19.0. The van der Waals surface area contributed by atoms with Crippen LogP contribution in [-0.2, 0) is 0 Å². The molecule has 53 heavy (non-hydrogen) atoms. The Kier molecular flexibility index (Phi) is 5.96. The van der Waals surface area contributed by atoms with Gasteiger partial charge in [0.05, 0.1) is 16.7 Å². The van der Waals surface area contributed by atoms with Crippen LogP contribution in [-0.4, -0.2) is 4.57 Å². The summed E-state index contributed by atoms with van der Waals surface area (Å²) in [5.74, 6) is 0. The third-order valence-corrected chi connectivity index (χ3v) is 12.4. The molecule has 0 amide bonds. The van der Waals surface area contributed by atoms with Crippen molar-refractivity contribution in [3.8, 4) is 27.9 Å². The van der Waals surface area contributed by atoms with Crippen molar-refractivity contribution >= 4 is 91.9 Å². The second-order valence-electron chi connectivity index (χ2n) is 14.1. The fourth-order valence-corrected chi connectivity index (χ4v) is 10.2. The van der Waals surface area contributed by atoms with E-state index in [2.05, 4.69) is 191 Å². The summed E-state index contributed by atoms with van der Waals surface area (Å²) in [6.07, 6.45) is 0. The third-order valence-electron chi connectivity index (χ3n) is 11.3. The van der Waals surface area contributed by atoms with Gasteiger partial charge in [-0.2, -0.15) is 0 Å². The summed E-state index contributed by atoms with van der Waals surface area (Å²) < 4.78 is 5.02. The monoisotopic (exact) mass is 690 g/mol. The van der Waals surface area contributed by atoms with Crippen LogP contribution in [0.2, 0.25) is 0 Å². The van der Waals surface area contributed by atoms with Crippen LogP contribution in [0.3, 0.4) is 0 Å². The van der Waals surface area contributed by atoms with Gasteiger partial charge in [0.2, 0.25) is 0 Å². The zero-order valence-corrected chi connectivity index (χ0v) is 29.4. The number of hydrogen-bond donors (Lipinski definition) is 0. The lowest BCUT2D eigenvalue weighted by molar-refractivity contribution is 1.18. The lowest BCUT2D eigenvalue weighted by Gasteiger charge is -2.28. The molecule has 0 unspecified atom stereocenters. The van der Waals surface area contributed by atoms with Crippen LogP contribution in [0.5, 0.6) is 0 Å². The predicted molar refractivity (Wildman–Crippen MR) is 228 cm³/mol. The molecule has 1 aliphatic rings. The summed E-state index contributed by atoms with van der Waals surface area (Å²) in [4.78, 5) is 2.51. The number of benzene rings is 9. The Morgan fingerprint density at radius 3 is 1.96 bits per heavy atom. The molecule has 9 aromatic carbocycles. The van der Waals surface area contributed by atoms with Crippen molar-refractivity contribution in [3.05, 3.63) is 182 Å². The number of para-hydroxylation sites is 2. The third kappa shape index (κ3) is 4.08. The van der Waals surface area contributed by atoms with Crippen LogP contribution < -0.4 is 4.90 Å². The first-order valence-electron chi connectivity index (χ1n) is 18.2. The van der Waals surface area contributed by atoms with Crippen molar-refractivity contribution in [1.82, 2.24) is 4.57 Å². The normalized spacial score (nSPS) is 12.2. The van der Waals surface area contributed by atoms with Crippen LogP contribution in [0.25, 0.3) is 91.5 Å². The molecule has 0 bridgehead atoms. The number of aromatic nitrogens is 1. The molecule has 12 rings (SSSR count). The molecule has 0 saturated carbocycles. The van der Waals surface area contributed by atoms with E-state index in [1.807, 2.05) is 11.3 Å². The maximum Gasteiger partial charge on any atom is 0.0561 e. The molecule has 0 fully saturated rings. The minimum atomic E-state index is 1.12. The van der Waals surface area contributed by atoms with Crippen molar-refractivity contribution in [2.75, 3.05) is 4.90 Å². The Labute approximate surface area is 310 Å². The molecule has 2 nitrogen and oxygen atoms in total. The van der Waals surface area contributed by atoms with E-state index in [0.717, 1.165) is 17.1 Å². The van der Waals surface area contributed by atoms with Gasteiger partial charge in [-0.15, -0.1) is 11.3 Å². The predicted octanol–water partition coefficient (Wildman–Crippen LogP) is 14.6.